The number of nitrogens with one attached hydrogen (secondary N) is 1. The van der Waals surface area contributed by atoms with Crippen molar-refractivity contribution in [2.75, 3.05) is 10.2 Å². The Bertz CT molecular complexity index is 940. The fourth-order valence-corrected chi connectivity index (χ4v) is 3.23. The lowest BCUT2D eigenvalue weighted by atomic mass is 9.95. The highest BCUT2D eigenvalue weighted by Crippen LogP contribution is 2.37. The summed E-state index contributed by atoms with van der Waals surface area (Å²) in [5, 5.41) is 2.79. The van der Waals surface area contributed by atoms with Crippen molar-refractivity contribution in [2.24, 2.45) is 0 Å². The molecule has 0 bridgehead atoms. The van der Waals surface area contributed by atoms with Gasteiger partial charge in [0.2, 0.25) is 5.91 Å². The van der Waals surface area contributed by atoms with Gasteiger partial charge < -0.3 is 10.1 Å². The molecular weight excluding hydrogens is 375 g/mol. The van der Waals surface area contributed by atoms with Crippen LogP contribution in [-0.2, 0) is 25.5 Å². The Morgan fingerprint density at radius 1 is 1.14 bits per heavy atom. The van der Waals surface area contributed by atoms with Crippen LogP contribution in [0.2, 0.25) is 0 Å². The van der Waals surface area contributed by atoms with E-state index in [0.717, 1.165) is 5.56 Å². The molecule has 1 aliphatic heterocycles. The first-order valence-electron chi connectivity index (χ1n) is 9.38. The number of esters is 1. The van der Waals surface area contributed by atoms with E-state index in [1.54, 1.807) is 50.2 Å². The lowest BCUT2D eigenvalue weighted by Gasteiger charge is -2.42. The fraction of sp³-hybridized carbons (Fsp3) is 0.318. The van der Waals surface area contributed by atoms with Crippen LogP contribution in [-0.4, -0.2) is 29.4 Å². The van der Waals surface area contributed by atoms with Crippen LogP contribution >= 0.6 is 0 Å². The molecule has 0 fully saturated rings. The van der Waals surface area contributed by atoms with Gasteiger partial charge >= 0.3 is 5.97 Å². The number of anilines is 2. The molecule has 1 atom stereocenters. The van der Waals surface area contributed by atoms with E-state index in [1.165, 1.54) is 24.0 Å². The topological polar surface area (TPSA) is 75.7 Å². The van der Waals surface area contributed by atoms with Crippen LogP contribution in [0.3, 0.4) is 0 Å². The Morgan fingerprint density at radius 3 is 2.48 bits per heavy atom. The smallest absolute Gasteiger partial charge is 0.306 e. The van der Waals surface area contributed by atoms with Crippen molar-refractivity contribution in [1.29, 1.82) is 0 Å². The van der Waals surface area contributed by atoms with Gasteiger partial charge in [-0.15, -0.1) is 0 Å². The van der Waals surface area contributed by atoms with Crippen molar-refractivity contribution < 1.29 is 23.5 Å². The van der Waals surface area contributed by atoms with Crippen molar-refractivity contribution in [1.82, 2.24) is 0 Å². The number of fused-ring (bicyclic) bond motifs is 1. The van der Waals surface area contributed by atoms with Gasteiger partial charge in [-0.3, -0.25) is 19.3 Å². The van der Waals surface area contributed by atoms with Crippen molar-refractivity contribution in [3.8, 4) is 0 Å². The van der Waals surface area contributed by atoms with Crippen LogP contribution in [0.1, 0.15) is 32.8 Å². The molecule has 0 saturated carbocycles. The molecule has 0 spiro atoms. The second kappa shape index (κ2) is 8.03. The molecular formula is C22H23FN2O4. The Labute approximate surface area is 168 Å². The predicted molar refractivity (Wildman–Crippen MR) is 107 cm³/mol. The Hall–Kier alpha value is -3.22. The second-order valence-corrected chi connectivity index (χ2v) is 7.46. The molecule has 1 aliphatic rings. The van der Waals surface area contributed by atoms with E-state index in [9.17, 15) is 18.8 Å². The van der Waals surface area contributed by atoms with E-state index in [-0.39, 0.29) is 18.1 Å². The zero-order chi connectivity index (χ0) is 21.2. The van der Waals surface area contributed by atoms with E-state index < -0.39 is 23.5 Å². The third-order valence-corrected chi connectivity index (χ3v) is 4.92. The van der Waals surface area contributed by atoms with Gasteiger partial charge in [0, 0.05) is 6.42 Å². The maximum atomic E-state index is 13.1. The summed E-state index contributed by atoms with van der Waals surface area (Å²) in [7, 11) is 0. The highest BCUT2D eigenvalue weighted by atomic mass is 19.1. The normalized spacial score (nSPS) is 15.9. The number of hydrogen-bond acceptors (Lipinski definition) is 4. The Morgan fingerprint density at radius 2 is 1.79 bits per heavy atom. The van der Waals surface area contributed by atoms with Crippen LogP contribution < -0.4 is 10.2 Å². The third-order valence-electron chi connectivity index (χ3n) is 4.92. The minimum Gasteiger partial charge on any atom is -0.453 e. The predicted octanol–water partition coefficient (Wildman–Crippen LogP) is 3.45. The van der Waals surface area contributed by atoms with Crippen molar-refractivity contribution in [3.05, 3.63) is 59.9 Å². The number of benzene rings is 2. The van der Waals surface area contributed by atoms with Gasteiger partial charge in [-0.25, -0.2) is 4.39 Å². The molecule has 1 N–H and O–H groups in total. The first kappa shape index (κ1) is 20.5. The summed E-state index contributed by atoms with van der Waals surface area (Å²) in [6.07, 6.45) is -0.626. The average Bonchev–Trinajstić information content (AvgIpc) is 2.68. The monoisotopic (exact) mass is 398 g/mol. The maximum Gasteiger partial charge on any atom is 0.306 e. The molecule has 0 aliphatic carbocycles. The summed E-state index contributed by atoms with van der Waals surface area (Å²) in [5.41, 5.74) is 0.738. The molecule has 0 aromatic heterocycles. The largest absolute Gasteiger partial charge is 0.453 e. The number of hydrogen-bond donors (Lipinski definition) is 1. The summed E-state index contributed by atoms with van der Waals surface area (Å²) < 4.78 is 18.3. The molecule has 2 amide bonds. The number of para-hydroxylation sites is 2. The number of aryl methyl sites for hydroxylation is 1. The number of carbonyl (C=O) groups excluding carboxylic acids is 3. The van der Waals surface area contributed by atoms with Gasteiger partial charge in [-0.2, -0.15) is 0 Å². The molecule has 1 heterocycles. The quantitative estimate of drug-likeness (QED) is 0.783. The number of nitrogens with zero attached hydrogens (tertiary/aromatic N) is 1. The van der Waals surface area contributed by atoms with Gasteiger partial charge in [0.25, 0.3) is 5.91 Å². The van der Waals surface area contributed by atoms with Crippen molar-refractivity contribution in [3.63, 3.8) is 0 Å². The first-order valence-corrected chi connectivity index (χ1v) is 9.38. The minimum atomic E-state index is -1.14. The molecule has 2 aromatic rings. The summed E-state index contributed by atoms with van der Waals surface area (Å²) in [5.74, 6) is -1.68. The molecule has 2 aromatic carbocycles. The molecule has 6 nitrogen and oxygen atoms in total. The van der Waals surface area contributed by atoms with Gasteiger partial charge in [0.15, 0.2) is 6.10 Å². The van der Waals surface area contributed by atoms with E-state index in [2.05, 4.69) is 5.32 Å². The number of halogens is 1. The summed E-state index contributed by atoms with van der Waals surface area (Å²) in [4.78, 5) is 39.2. The maximum absolute atomic E-state index is 13.1. The molecule has 29 heavy (non-hydrogen) atoms. The van der Waals surface area contributed by atoms with Gasteiger partial charge in [-0.1, -0.05) is 24.3 Å². The minimum absolute atomic E-state index is 0.0592. The highest BCUT2D eigenvalue weighted by Gasteiger charge is 2.45. The third kappa shape index (κ3) is 4.29. The summed E-state index contributed by atoms with van der Waals surface area (Å²) >= 11 is 0. The van der Waals surface area contributed by atoms with Gasteiger partial charge in [0.1, 0.15) is 11.4 Å². The van der Waals surface area contributed by atoms with Crippen LogP contribution in [0.4, 0.5) is 15.8 Å². The molecule has 152 valence electrons. The van der Waals surface area contributed by atoms with Crippen LogP contribution in [0, 0.1) is 5.82 Å². The van der Waals surface area contributed by atoms with Crippen LogP contribution in [0.15, 0.2) is 48.5 Å². The van der Waals surface area contributed by atoms with E-state index in [0.29, 0.717) is 17.8 Å². The number of ether oxygens (including phenoxy) is 1. The van der Waals surface area contributed by atoms with Crippen molar-refractivity contribution in [2.45, 2.75) is 45.3 Å². The lowest BCUT2D eigenvalue weighted by molar-refractivity contribution is -0.154. The Balaban J connectivity index is 1.69. The standard InChI is InChI=1S/C22H23FN2O4/c1-14(29-19(26)13-10-15-8-11-16(23)12-9-15)20(27)25-18-7-5-4-6-17(18)24-21(28)22(25,2)3/h4-9,11-12,14H,10,13H2,1-3H3,(H,24,28)/t14-/m0/s1. The van der Waals surface area contributed by atoms with Crippen molar-refractivity contribution >= 4 is 29.2 Å². The molecule has 0 radical (unpaired) electrons. The number of amides is 2. The van der Waals surface area contributed by atoms with Gasteiger partial charge in [-0.05, 0) is 57.0 Å². The number of carbonyl (C=O) groups is 3. The van der Waals surface area contributed by atoms with Gasteiger partial charge in [0.05, 0.1) is 11.4 Å². The first-order chi connectivity index (χ1) is 13.7. The highest BCUT2D eigenvalue weighted by molar-refractivity contribution is 6.15. The van der Waals surface area contributed by atoms with E-state index in [1.807, 2.05) is 0 Å². The zero-order valence-electron chi connectivity index (χ0n) is 16.6. The SMILES string of the molecule is C[C@H](OC(=O)CCc1ccc(F)cc1)C(=O)N1c2ccccc2NC(=O)C1(C)C. The second-order valence-electron chi connectivity index (χ2n) is 7.46. The average molecular weight is 398 g/mol. The van der Waals surface area contributed by atoms with E-state index in [4.69, 9.17) is 4.74 Å². The Kier molecular flexibility index (Phi) is 5.68. The lowest BCUT2D eigenvalue weighted by Crippen LogP contribution is -2.60. The summed E-state index contributed by atoms with van der Waals surface area (Å²) in [6.45, 7) is 4.77. The number of rotatable bonds is 5. The van der Waals surface area contributed by atoms with Crippen LogP contribution in [0.5, 0.6) is 0 Å². The van der Waals surface area contributed by atoms with Crippen LogP contribution in [0.25, 0.3) is 0 Å². The molecule has 7 heteroatoms. The fourth-order valence-electron chi connectivity index (χ4n) is 3.23. The summed E-state index contributed by atoms with van der Waals surface area (Å²) in [6, 6.07) is 12.8. The molecule has 3 rings (SSSR count). The zero-order valence-corrected chi connectivity index (χ0v) is 16.6. The molecule has 0 unspecified atom stereocenters. The molecule has 0 saturated heterocycles. The van der Waals surface area contributed by atoms with E-state index >= 15 is 0 Å².